The summed E-state index contributed by atoms with van der Waals surface area (Å²) in [5, 5.41) is 0.698. The van der Waals surface area contributed by atoms with E-state index in [1.165, 1.54) is 0 Å². The Kier molecular flexibility index (Phi) is 3.82. The van der Waals surface area contributed by atoms with Gasteiger partial charge in [-0.2, -0.15) is 0 Å². The maximum absolute atomic E-state index is 12.3. The van der Waals surface area contributed by atoms with Gasteiger partial charge in [0.25, 0.3) is 23.6 Å². The maximum atomic E-state index is 12.3. The highest BCUT2D eigenvalue weighted by Gasteiger charge is 2.57. The molecule has 0 aromatic rings. The van der Waals surface area contributed by atoms with Crippen molar-refractivity contribution in [3.8, 4) is 0 Å². The zero-order chi connectivity index (χ0) is 17.5. The summed E-state index contributed by atoms with van der Waals surface area (Å²) in [6.07, 6.45) is 0.406. The fourth-order valence-electron chi connectivity index (χ4n) is 2.68. The van der Waals surface area contributed by atoms with Crippen LogP contribution in [-0.4, -0.2) is 45.7 Å². The Bertz CT molecular complexity index is 582. The van der Waals surface area contributed by atoms with Gasteiger partial charge in [-0.15, -0.1) is 10.1 Å². The van der Waals surface area contributed by atoms with Gasteiger partial charge in [0.05, 0.1) is 0 Å². The molecule has 0 spiro atoms. The number of amides is 4. The molecule has 10 heteroatoms. The number of hydroxylamine groups is 4. The zero-order valence-electron chi connectivity index (χ0n) is 12.6. The van der Waals surface area contributed by atoms with Crippen LogP contribution in [0.5, 0.6) is 0 Å². The van der Waals surface area contributed by atoms with Crippen LogP contribution in [0, 0.1) is 5.41 Å². The van der Waals surface area contributed by atoms with Crippen molar-refractivity contribution in [2.24, 2.45) is 5.41 Å². The Labute approximate surface area is 135 Å². The molecule has 10 nitrogen and oxygen atoms in total. The summed E-state index contributed by atoms with van der Waals surface area (Å²) in [4.78, 5) is 80.2. The van der Waals surface area contributed by atoms with Crippen molar-refractivity contribution < 1.29 is 38.4 Å². The molecule has 0 N–H and O–H groups in total. The molecular formula is C14H14N2O8. The summed E-state index contributed by atoms with van der Waals surface area (Å²) >= 11 is 0. The van der Waals surface area contributed by atoms with E-state index in [0.29, 0.717) is 16.5 Å². The zero-order valence-corrected chi connectivity index (χ0v) is 12.6. The van der Waals surface area contributed by atoms with E-state index in [9.17, 15) is 28.8 Å². The second-order valence-corrected chi connectivity index (χ2v) is 5.86. The Morgan fingerprint density at radius 1 is 0.708 bits per heavy atom. The van der Waals surface area contributed by atoms with Gasteiger partial charge in [-0.1, -0.05) is 0 Å². The fraction of sp³-hybridized carbons (Fsp3) is 0.571. The van der Waals surface area contributed by atoms with Gasteiger partial charge in [-0.05, 0) is 19.3 Å². The topological polar surface area (TPSA) is 127 Å². The van der Waals surface area contributed by atoms with Crippen molar-refractivity contribution in [2.45, 2.75) is 44.9 Å². The van der Waals surface area contributed by atoms with Crippen LogP contribution in [0.2, 0.25) is 0 Å². The van der Waals surface area contributed by atoms with E-state index < -0.39 is 41.0 Å². The Balaban J connectivity index is 1.71. The molecule has 0 unspecified atom stereocenters. The van der Waals surface area contributed by atoms with E-state index in [2.05, 4.69) is 0 Å². The van der Waals surface area contributed by atoms with E-state index in [0.717, 1.165) is 0 Å². The molecular weight excluding hydrogens is 324 g/mol. The van der Waals surface area contributed by atoms with Gasteiger partial charge < -0.3 is 9.68 Å². The first-order chi connectivity index (χ1) is 11.3. The summed E-state index contributed by atoms with van der Waals surface area (Å²) in [6.45, 7) is 0. The van der Waals surface area contributed by atoms with E-state index in [1.54, 1.807) is 0 Å². The molecule has 1 aliphatic carbocycles. The van der Waals surface area contributed by atoms with E-state index in [-0.39, 0.29) is 38.5 Å². The van der Waals surface area contributed by atoms with Crippen molar-refractivity contribution in [3.05, 3.63) is 0 Å². The smallest absolute Gasteiger partial charge is 0.329 e. The number of carbonyl (C=O) groups is 6. The third-order valence-electron chi connectivity index (χ3n) is 4.35. The van der Waals surface area contributed by atoms with E-state index >= 15 is 0 Å². The highest BCUT2D eigenvalue weighted by Crippen LogP contribution is 2.44. The van der Waals surface area contributed by atoms with Gasteiger partial charge in [0.15, 0.2) is 5.41 Å². The molecule has 3 rings (SSSR count). The van der Waals surface area contributed by atoms with Crippen LogP contribution in [0.4, 0.5) is 0 Å². The number of nitrogens with zero attached hydrogens (tertiary/aromatic N) is 2. The number of carbonyl (C=O) groups excluding carboxylic acids is 6. The minimum absolute atomic E-state index is 0.0691. The molecule has 2 saturated heterocycles. The Morgan fingerprint density at radius 3 is 1.29 bits per heavy atom. The molecule has 0 aromatic carbocycles. The predicted molar refractivity (Wildman–Crippen MR) is 70.6 cm³/mol. The molecule has 0 bridgehead atoms. The quantitative estimate of drug-likeness (QED) is 0.490. The van der Waals surface area contributed by atoms with Crippen LogP contribution in [-0.2, 0) is 38.4 Å². The summed E-state index contributed by atoms with van der Waals surface area (Å²) in [5.41, 5.74) is -1.72. The monoisotopic (exact) mass is 338 g/mol. The van der Waals surface area contributed by atoms with Crippen LogP contribution in [0.1, 0.15) is 44.9 Å². The van der Waals surface area contributed by atoms with Gasteiger partial charge in [-0.3, -0.25) is 19.2 Å². The number of rotatable bonds is 4. The molecule has 2 aliphatic heterocycles. The molecule has 0 atom stereocenters. The van der Waals surface area contributed by atoms with Crippen molar-refractivity contribution in [1.82, 2.24) is 10.1 Å². The number of imide groups is 2. The minimum atomic E-state index is -1.72. The molecule has 24 heavy (non-hydrogen) atoms. The average molecular weight is 338 g/mol. The van der Waals surface area contributed by atoms with Crippen molar-refractivity contribution in [3.63, 3.8) is 0 Å². The second kappa shape index (κ2) is 5.69. The van der Waals surface area contributed by atoms with Crippen molar-refractivity contribution in [2.75, 3.05) is 0 Å². The van der Waals surface area contributed by atoms with Crippen LogP contribution in [0.15, 0.2) is 0 Å². The first-order valence-corrected chi connectivity index (χ1v) is 7.51. The largest absolute Gasteiger partial charge is 0.350 e. The van der Waals surface area contributed by atoms with Crippen LogP contribution >= 0.6 is 0 Å². The lowest BCUT2D eigenvalue weighted by atomic mass is 9.69. The molecule has 128 valence electrons. The SMILES string of the molecule is O=C1CCC(=O)N1OC(=O)C1(C(=O)ON2C(=O)CCC2=O)CCC1. The normalized spacial score (nSPS) is 22.7. The number of hydrogen-bond donors (Lipinski definition) is 0. The number of hydrogen-bond acceptors (Lipinski definition) is 8. The predicted octanol–water partition coefficient (Wildman–Crippen LogP) is -0.629. The Morgan fingerprint density at radius 2 is 1.04 bits per heavy atom. The summed E-state index contributed by atoms with van der Waals surface area (Å²) < 4.78 is 0. The highest BCUT2D eigenvalue weighted by molar-refractivity contribution is 6.06. The van der Waals surface area contributed by atoms with Crippen LogP contribution in [0.3, 0.4) is 0 Å². The van der Waals surface area contributed by atoms with E-state index in [4.69, 9.17) is 9.68 Å². The van der Waals surface area contributed by atoms with Crippen molar-refractivity contribution in [1.29, 1.82) is 0 Å². The average Bonchev–Trinajstić information content (AvgIpc) is 2.96. The van der Waals surface area contributed by atoms with Gasteiger partial charge in [0.1, 0.15) is 0 Å². The molecule has 2 heterocycles. The molecule has 4 amide bonds. The lowest BCUT2D eigenvalue weighted by Crippen LogP contribution is -2.52. The standard InChI is InChI=1S/C14H14N2O8/c17-8-2-3-9(18)15(8)23-12(21)14(6-1-7-14)13(22)24-16-10(19)4-5-11(16)20/h1-7H2. The first-order valence-electron chi connectivity index (χ1n) is 7.51. The summed E-state index contributed by atoms with van der Waals surface area (Å²) in [7, 11) is 0. The van der Waals surface area contributed by atoms with Gasteiger partial charge in [0, 0.05) is 25.7 Å². The summed E-state index contributed by atoms with van der Waals surface area (Å²) in [5.74, 6) is -4.85. The van der Waals surface area contributed by atoms with Gasteiger partial charge >= 0.3 is 11.9 Å². The third-order valence-corrected chi connectivity index (χ3v) is 4.35. The Hall–Kier alpha value is -2.78. The third kappa shape index (κ3) is 2.43. The fourth-order valence-corrected chi connectivity index (χ4v) is 2.68. The summed E-state index contributed by atoms with van der Waals surface area (Å²) in [6, 6.07) is 0. The first kappa shape index (κ1) is 16.1. The molecule has 3 aliphatic rings. The van der Waals surface area contributed by atoms with Gasteiger partial charge in [-0.25, -0.2) is 9.59 Å². The highest BCUT2D eigenvalue weighted by atomic mass is 16.7. The molecule has 1 saturated carbocycles. The van der Waals surface area contributed by atoms with Gasteiger partial charge in [0.2, 0.25) is 0 Å². The van der Waals surface area contributed by atoms with Crippen molar-refractivity contribution >= 4 is 35.6 Å². The molecule has 3 fully saturated rings. The minimum Gasteiger partial charge on any atom is -0.329 e. The molecule has 0 radical (unpaired) electrons. The van der Waals surface area contributed by atoms with E-state index in [1.807, 2.05) is 0 Å². The maximum Gasteiger partial charge on any atom is 0.350 e. The second-order valence-electron chi connectivity index (χ2n) is 5.86. The molecule has 0 aromatic heterocycles. The van der Waals surface area contributed by atoms with Crippen LogP contribution < -0.4 is 0 Å². The lowest BCUT2D eigenvalue weighted by molar-refractivity contribution is -0.224. The van der Waals surface area contributed by atoms with Crippen LogP contribution in [0.25, 0.3) is 0 Å². The lowest BCUT2D eigenvalue weighted by Gasteiger charge is -2.36.